The van der Waals surface area contributed by atoms with E-state index in [-0.39, 0.29) is 5.69 Å². The number of halogens is 1. The molecular weight excluding hydrogens is 324 g/mol. The highest BCUT2D eigenvalue weighted by atomic mass is 35.5. The number of pyridine rings is 1. The molecule has 3 rings (SSSR count). The largest absolute Gasteiger partial charge is 0.479 e. The average molecular weight is 337 g/mol. The molecule has 1 aromatic heterocycles. The number of fused-ring (bicyclic) bond motifs is 1. The van der Waals surface area contributed by atoms with Gasteiger partial charge in [-0.1, -0.05) is 23.7 Å². The summed E-state index contributed by atoms with van der Waals surface area (Å²) in [6.07, 6.45) is 0.415. The zero-order chi connectivity index (χ0) is 15.7. The second-order valence-corrected chi connectivity index (χ2v) is 6.72. The van der Waals surface area contributed by atoms with Crippen molar-refractivity contribution in [3.63, 3.8) is 0 Å². The summed E-state index contributed by atoms with van der Waals surface area (Å²) in [6.45, 7) is 0. The molecule has 114 valence electrons. The average Bonchev–Trinajstić information content (AvgIpc) is 2.96. The molecule has 1 aliphatic rings. The molecule has 1 atom stereocenters. The summed E-state index contributed by atoms with van der Waals surface area (Å²) < 4.78 is 0. The summed E-state index contributed by atoms with van der Waals surface area (Å²) in [5.74, 6) is -0.401. The molecule has 0 aliphatic carbocycles. The van der Waals surface area contributed by atoms with Gasteiger partial charge in [0.25, 0.3) is 5.91 Å². The van der Waals surface area contributed by atoms with Gasteiger partial charge in [0.1, 0.15) is 11.2 Å². The summed E-state index contributed by atoms with van der Waals surface area (Å²) in [5.41, 5.74) is -0.412. The molecule has 0 spiro atoms. The van der Waals surface area contributed by atoms with Crippen LogP contribution < -0.4 is 5.32 Å². The molecule has 7 heteroatoms. The molecular formula is C15H13ClN2O3S. The highest BCUT2D eigenvalue weighted by molar-refractivity contribution is 7.99. The first kappa shape index (κ1) is 15.1. The van der Waals surface area contributed by atoms with Gasteiger partial charge < -0.3 is 10.4 Å². The number of thioether (sulfide) groups is 1. The third-order valence-corrected chi connectivity index (χ3v) is 5.10. The standard InChI is InChI=1S/C15H13ClN2O3S/c16-10-3-1-9-2-4-11(17-12(9)7-10)13(19)18-15(14(20)21)5-6-22-8-15/h1-4,7H,5-6,8H2,(H,18,19)(H,20,21). The number of carbonyl (C=O) groups is 2. The van der Waals surface area contributed by atoms with Crippen LogP contribution in [-0.4, -0.2) is 39.0 Å². The molecule has 0 radical (unpaired) electrons. The second-order valence-electron chi connectivity index (χ2n) is 5.18. The zero-order valence-corrected chi connectivity index (χ0v) is 13.1. The molecule has 1 fully saturated rings. The summed E-state index contributed by atoms with van der Waals surface area (Å²) in [6, 6.07) is 8.60. The van der Waals surface area contributed by atoms with E-state index >= 15 is 0 Å². The fraction of sp³-hybridized carbons (Fsp3) is 0.267. The Morgan fingerprint density at radius 1 is 1.32 bits per heavy atom. The van der Waals surface area contributed by atoms with E-state index in [2.05, 4.69) is 10.3 Å². The lowest BCUT2D eigenvalue weighted by atomic mass is 9.99. The van der Waals surface area contributed by atoms with E-state index in [9.17, 15) is 14.7 Å². The lowest BCUT2D eigenvalue weighted by molar-refractivity contribution is -0.143. The van der Waals surface area contributed by atoms with Gasteiger partial charge in [0.15, 0.2) is 0 Å². The quantitative estimate of drug-likeness (QED) is 0.900. The molecule has 1 amide bonds. The Balaban J connectivity index is 1.90. The fourth-order valence-electron chi connectivity index (χ4n) is 2.38. The number of carbonyl (C=O) groups excluding carboxylic acids is 1. The number of carboxylic acid groups (broad SMARTS) is 1. The Kier molecular flexibility index (Phi) is 3.97. The van der Waals surface area contributed by atoms with Gasteiger partial charge in [-0.25, -0.2) is 9.78 Å². The first-order chi connectivity index (χ1) is 10.5. The van der Waals surface area contributed by atoms with Crippen LogP contribution in [0, 0.1) is 0 Å². The molecule has 2 heterocycles. The van der Waals surface area contributed by atoms with Crippen LogP contribution in [0.4, 0.5) is 0 Å². The number of nitrogens with one attached hydrogen (secondary N) is 1. The Labute approximate surface area is 136 Å². The van der Waals surface area contributed by atoms with Crippen molar-refractivity contribution < 1.29 is 14.7 Å². The third-order valence-electron chi connectivity index (χ3n) is 3.67. The van der Waals surface area contributed by atoms with E-state index < -0.39 is 17.4 Å². The van der Waals surface area contributed by atoms with Crippen LogP contribution in [0.2, 0.25) is 5.02 Å². The van der Waals surface area contributed by atoms with E-state index in [0.717, 1.165) is 5.39 Å². The second kappa shape index (κ2) is 5.78. The molecule has 1 unspecified atom stereocenters. The van der Waals surface area contributed by atoms with Crippen LogP contribution in [0.5, 0.6) is 0 Å². The number of amides is 1. The van der Waals surface area contributed by atoms with Crippen LogP contribution in [-0.2, 0) is 4.79 Å². The van der Waals surface area contributed by atoms with Crippen LogP contribution in [0.25, 0.3) is 10.9 Å². The monoisotopic (exact) mass is 336 g/mol. The van der Waals surface area contributed by atoms with E-state index in [4.69, 9.17) is 11.6 Å². The SMILES string of the molecule is O=C(NC1(C(=O)O)CCSC1)c1ccc2ccc(Cl)cc2n1. The molecule has 22 heavy (non-hydrogen) atoms. The Morgan fingerprint density at radius 2 is 2.09 bits per heavy atom. The maximum atomic E-state index is 12.4. The van der Waals surface area contributed by atoms with Crippen molar-refractivity contribution >= 4 is 46.1 Å². The Hall–Kier alpha value is -1.79. The summed E-state index contributed by atoms with van der Waals surface area (Å²) in [4.78, 5) is 28.1. The van der Waals surface area contributed by atoms with Gasteiger partial charge in [-0.3, -0.25) is 4.79 Å². The van der Waals surface area contributed by atoms with Gasteiger partial charge in [-0.15, -0.1) is 0 Å². The predicted octanol–water partition coefficient (Wildman–Crippen LogP) is 2.58. The normalized spacial score (nSPS) is 21.0. The Bertz CT molecular complexity index is 760. The minimum atomic E-state index is -1.20. The van der Waals surface area contributed by atoms with Crippen molar-refractivity contribution in [3.8, 4) is 0 Å². The number of rotatable bonds is 3. The molecule has 0 saturated carbocycles. The van der Waals surface area contributed by atoms with Gasteiger partial charge in [0, 0.05) is 16.2 Å². The highest BCUT2D eigenvalue weighted by Gasteiger charge is 2.43. The van der Waals surface area contributed by atoms with Gasteiger partial charge >= 0.3 is 5.97 Å². The van der Waals surface area contributed by atoms with Crippen molar-refractivity contribution in [2.75, 3.05) is 11.5 Å². The van der Waals surface area contributed by atoms with Crippen LogP contribution in [0.1, 0.15) is 16.9 Å². The number of hydrogen-bond acceptors (Lipinski definition) is 4. The topological polar surface area (TPSA) is 79.3 Å². The molecule has 2 N–H and O–H groups in total. The number of hydrogen-bond donors (Lipinski definition) is 2. The number of aromatic nitrogens is 1. The smallest absolute Gasteiger partial charge is 0.330 e. The third kappa shape index (κ3) is 2.76. The van der Waals surface area contributed by atoms with Crippen LogP contribution in [0.15, 0.2) is 30.3 Å². The van der Waals surface area contributed by atoms with Gasteiger partial charge in [-0.05, 0) is 30.4 Å². The summed E-state index contributed by atoms with van der Waals surface area (Å²) in [5, 5.41) is 13.4. The van der Waals surface area contributed by atoms with E-state index in [1.165, 1.54) is 11.8 Å². The van der Waals surface area contributed by atoms with Gasteiger partial charge in [0.2, 0.25) is 0 Å². The van der Waals surface area contributed by atoms with E-state index in [1.54, 1.807) is 24.3 Å². The molecule has 1 aliphatic heterocycles. The number of aliphatic carboxylic acids is 1. The maximum Gasteiger partial charge on any atom is 0.330 e. The minimum absolute atomic E-state index is 0.187. The molecule has 1 aromatic carbocycles. The molecule has 0 bridgehead atoms. The molecule has 1 saturated heterocycles. The fourth-order valence-corrected chi connectivity index (χ4v) is 3.88. The van der Waals surface area contributed by atoms with Crippen molar-refractivity contribution in [1.82, 2.24) is 10.3 Å². The lowest BCUT2D eigenvalue weighted by Crippen LogP contribution is -2.54. The highest BCUT2D eigenvalue weighted by Crippen LogP contribution is 2.28. The van der Waals surface area contributed by atoms with E-state index in [1.807, 2.05) is 6.07 Å². The lowest BCUT2D eigenvalue weighted by Gasteiger charge is -2.24. The minimum Gasteiger partial charge on any atom is -0.479 e. The number of benzene rings is 1. The summed E-state index contributed by atoms with van der Waals surface area (Å²) in [7, 11) is 0. The molecule has 2 aromatic rings. The molecule has 5 nitrogen and oxygen atoms in total. The van der Waals surface area contributed by atoms with Crippen molar-refractivity contribution in [3.05, 3.63) is 41.0 Å². The first-order valence-corrected chi connectivity index (χ1v) is 8.23. The van der Waals surface area contributed by atoms with E-state index in [0.29, 0.717) is 28.5 Å². The van der Waals surface area contributed by atoms with Crippen molar-refractivity contribution in [1.29, 1.82) is 0 Å². The zero-order valence-electron chi connectivity index (χ0n) is 11.5. The number of nitrogens with zero attached hydrogens (tertiary/aromatic N) is 1. The Morgan fingerprint density at radius 3 is 2.77 bits per heavy atom. The summed E-state index contributed by atoms with van der Waals surface area (Å²) >= 11 is 7.45. The van der Waals surface area contributed by atoms with Crippen LogP contribution in [0.3, 0.4) is 0 Å². The first-order valence-electron chi connectivity index (χ1n) is 6.70. The van der Waals surface area contributed by atoms with Crippen molar-refractivity contribution in [2.45, 2.75) is 12.0 Å². The van der Waals surface area contributed by atoms with Crippen LogP contribution >= 0.6 is 23.4 Å². The maximum absolute atomic E-state index is 12.4. The van der Waals surface area contributed by atoms with Gasteiger partial charge in [0.05, 0.1) is 5.52 Å². The van der Waals surface area contributed by atoms with Gasteiger partial charge in [-0.2, -0.15) is 11.8 Å². The predicted molar refractivity (Wildman–Crippen MR) is 86.5 cm³/mol. The number of carboxylic acids is 1. The van der Waals surface area contributed by atoms with Crippen molar-refractivity contribution in [2.24, 2.45) is 0 Å².